The van der Waals surface area contributed by atoms with E-state index in [4.69, 9.17) is 10.4 Å². The van der Waals surface area contributed by atoms with Gasteiger partial charge in [0.25, 0.3) is 6.04 Å². The fourth-order valence-electron chi connectivity index (χ4n) is 2.01. The van der Waals surface area contributed by atoms with E-state index in [0.29, 0.717) is 6.42 Å². The molecular weight excluding hydrogens is 228 g/mol. The smallest absolute Gasteiger partial charge is 0.373 e. The van der Waals surface area contributed by atoms with Crippen LogP contribution in [0.4, 0.5) is 0 Å². The number of carboxylic acids is 1. The zero-order chi connectivity index (χ0) is 13.1. The van der Waals surface area contributed by atoms with E-state index in [0.717, 1.165) is 16.5 Å². The van der Waals surface area contributed by atoms with Crippen molar-refractivity contribution in [2.75, 3.05) is 0 Å². The highest BCUT2D eigenvalue weighted by molar-refractivity contribution is 5.80. The normalized spacial score (nSPS) is 12.0. The van der Waals surface area contributed by atoms with E-state index in [9.17, 15) is 4.79 Å². The molecule has 4 heteroatoms. The van der Waals surface area contributed by atoms with Crippen LogP contribution < -0.4 is 4.57 Å². The maximum absolute atomic E-state index is 11.1. The third kappa shape index (κ3) is 2.03. The van der Waals surface area contributed by atoms with Crippen LogP contribution in [-0.4, -0.2) is 11.1 Å². The maximum Gasteiger partial charge on any atom is 0.373 e. The van der Waals surface area contributed by atoms with Crippen molar-refractivity contribution in [1.29, 1.82) is 5.26 Å². The number of aromatic nitrogens is 1. The highest BCUT2D eigenvalue weighted by Gasteiger charge is 2.24. The second-order valence-corrected chi connectivity index (χ2v) is 4.11. The molecule has 4 nitrogen and oxygen atoms in total. The Morgan fingerprint density at radius 3 is 2.83 bits per heavy atom. The van der Waals surface area contributed by atoms with Crippen molar-refractivity contribution in [3.05, 3.63) is 42.1 Å². The molecule has 0 bridgehead atoms. The van der Waals surface area contributed by atoms with Crippen LogP contribution in [0.5, 0.6) is 0 Å². The van der Waals surface area contributed by atoms with Gasteiger partial charge in [-0.3, -0.25) is 0 Å². The summed E-state index contributed by atoms with van der Waals surface area (Å²) in [5, 5.41) is 18.8. The Balaban J connectivity index is 2.68. The molecular formula is C14H13N2O2+. The third-order valence-corrected chi connectivity index (χ3v) is 3.01. The van der Waals surface area contributed by atoms with E-state index in [1.807, 2.05) is 30.3 Å². The van der Waals surface area contributed by atoms with Crippen molar-refractivity contribution in [2.24, 2.45) is 0 Å². The van der Waals surface area contributed by atoms with E-state index in [1.165, 1.54) is 0 Å². The molecule has 1 atom stereocenters. The maximum atomic E-state index is 11.1. The van der Waals surface area contributed by atoms with Gasteiger partial charge in [-0.1, -0.05) is 12.1 Å². The third-order valence-electron chi connectivity index (χ3n) is 3.01. The lowest BCUT2D eigenvalue weighted by Gasteiger charge is -2.07. The van der Waals surface area contributed by atoms with Crippen molar-refractivity contribution < 1.29 is 14.5 Å². The van der Waals surface area contributed by atoms with Crippen LogP contribution >= 0.6 is 0 Å². The number of para-hydroxylation sites is 1. The predicted octanol–water partition coefficient (Wildman–Crippen LogP) is 1.84. The quantitative estimate of drug-likeness (QED) is 0.834. The van der Waals surface area contributed by atoms with Crippen LogP contribution in [0.3, 0.4) is 0 Å². The van der Waals surface area contributed by atoms with Gasteiger partial charge < -0.3 is 5.11 Å². The lowest BCUT2D eigenvalue weighted by Crippen LogP contribution is -2.42. The number of aliphatic carboxylic acids is 1. The van der Waals surface area contributed by atoms with Gasteiger partial charge in [-0.15, -0.1) is 0 Å². The Hall–Kier alpha value is -2.41. The number of pyridine rings is 1. The van der Waals surface area contributed by atoms with Crippen molar-refractivity contribution in [1.82, 2.24) is 0 Å². The van der Waals surface area contributed by atoms with Gasteiger partial charge in [-0.05, 0) is 11.6 Å². The fraction of sp³-hybridized carbons (Fsp3) is 0.214. The molecule has 2 rings (SSSR count). The van der Waals surface area contributed by atoms with Gasteiger partial charge in [0.2, 0.25) is 5.52 Å². The van der Waals surface area contributed by atoms with Crippen LogP contribution in [0.25, 0.3) is 10.9 Å². The minimum absolute atomic E-state index is 0.322. The summed E-state index contributed by atoms with van der Waals surface area (Å²) < 4.78 is 1.71. The van der Waals surface area contributed by atoms with Crippen LogP contribution in [0, 0.1) is 11.3 Å². The molecule has 90 valence electrons. The molecule has 0 aliphatic carbocycles. The Bertz CT molecular complexity index is 644. The van der Waals surface area contributed by atoms with E-state index < -0.39 is 12.0 Å². The molecule has 1 heterocycles. The van der Waals surface area contributed by atoms with E-state index in [-0.39, 0.29) is 0 Å². The predicted molar refractivity (Wildman–Crippen MR) is 65.8 cm³/mol. The molecule has 0 amide bonds. The molecule has 2 aromatic rings. The van der Waals surface area contributed by atoms with Gasteiger partial charge in [0, 0.05) is 19.1 Å². The summed E-state index contributed by atoms with van der Waals surface area (Å²) >= 11 is 0. The second-order valence-electron chi connectivity index (χ2n) is 4.11. The van der Waals surface area contributed by atoms with E-state index in [2.05, 4.69) is 6.07 Å². The summed E-state index contributed by atoms with van der Waals surface area (Å²) in [7, 11) is 0. The van der Waals surface area contributed by atoms with Crippen molar-refractivity contribution >= 4 is 16.9 Å². The molecule has 0 radical (unpaired) electrons. The number of nitrogens with zero attached hydrogens (tertiary/aromatic N) is 2. The largest absolute Gasteiger partial charge is 0.476 e. The summed E-state index contributed by atoms with van der Waals surface area (Å²) in [6, 6.07) is 10.8. The fourth-order valence-corrected chi connectivity index (χ4v) is 2.01. The highest BCUT2D eigenvalue weighted by Crippen LogP contribution is 2.17. The standard InChI is InChI=1S/C14H12N2O2/c1-10(14(17)18)16-9-7-11(6-8-15)12-4-2-3-5-13(12)16/h2-5,7,9-10H,6H2,1H3/p+1. The Kier molecular flexibility index (Phi) is 3.24. The molecule has 1 aromatic heterocycles. The van der Waals surface area contributed by atoms with Gasteiger partial charge >= 0.3 is 5.97 Å². The molecule has 0 aliphatic heterocycles. The number of nitriles is 1. The number of carboxylic acid groups (broad SMARTS) is 1. The number of hydrogen-bond donors (Lipinski definition) is 1. The number of carbonyl (C=O) groups is 1. The Morgan fingerprint density at radius 2 is 2.17 bits per heavy atom. The average Bonchev–Trinajstić information content (AvgIpc) is 2.38. The summed E-state index contributed by atoms with van der Waals surface area (Å²) in [5.41, 5.74) is 1.75. The van der Waals surface area contributed by atoms with Crippen LogP contribution in [0.1, 0.15) is 18.5 Å². The highest BCUT2D eigenvalue weighted by atomic mass is 16.4. The molecule has 0 saturated heterocycles. The summed E-state index contributed by atoms with van der Waals surface area (Å²) in [6.45, 7) is 1.64. The van der Waals surface area contributed by atoms with Crippen LogP contribution in [0.2, 0.25) is 0 Å². The van der Waals surface area contributed by atoms with Gasteiger partial charge in [0.1, 0.15) is 0 Å². The SMILES string of the molecule is CC(C(=O)O)[n+]1ccc(CC#N)c2ccccc21. The first-order chi connectivity index (χ1) is 8.65. The molecule has 1 N–H and O–H groups in total. The minimum Gasteiger partial charge on any atom is -0.476 e. The van der Waals surface area contributed by atoms with Crippen molar-refractivity contribution in [3.8, 4) is 6.07 Å². The monoisotopic (exact) mass is 241 g/mol. The molecule has 1 aromatic carbocycles. The topological polar surface area (TPSA) is 65.0 Å². The lowest BCUT2D eigenvalue weighted by molar-refractivity contribution is -0.682. The van der Waals surface area contributed by atoms with Crippen LogP contribution in [0.15, 0.2) is 36.5 Å². The zero-order valence-electron chi connectivity index (χ0n) is 10.00. The number of benzene rings is 1. The van der Waals surface area contributed by atoms with Crippen LogP contribution in [-0.2, 0) is 11.2 Å². The van der Waals surface area contributed by atoms with Crippen molar-refractivity contribution in [2.45, 2.75) is 19.4 Å². The minimum atomic E-state index is -0.877. The average molecular weight is 241 g/mol. The Morgan fingerprint density at radius 1 is 1.44 bits per heavy atom. The number of fused-ring (bicyclic) bond motifs is 1. The summed E-state index contributed by atoms with van der Waals surface area (Å²) in [6.07, 6.45) is 2.05. The van der Waals surface area contributed by atoms with Gasteiger partial charge in [0.05, 0.1) is 17.9 Å². The van der Waals surface area contributed by atoms with E-state index in [1.54, 1.807) is 17.7 Å². The molecule has 0 spiro atoms. The Labute approximate surface area is 105 Å². The van der Waals surface area contributed by atoms with Gasteiger partial charge in [-0.25, -0.2) is 4.79 Å². The molecule has 0 aliphatic rings. The van der Waals surface area contributed by atoms with Gasteiger partial charge in [-0.2, -0.15) is 9.83 Å². The molecule has 1 unspecified atom stereocenters. The molecule has 0 fully saturated rings. The summed E-state index contributed by atoms with van der Waals surface area (Å²) in [4.78, 5) is 11.1. The van der Waals surface area contributed by atoms with Gasteiger partial charge in [0.15, 0.2) is 6.20 Å². The number of rotatable bonds is 3. The van der Waals surface area contributed by atoms with Crippen molar-refractivity contribution in [3.63, 3.8) is 0 Å². The van der Waals surface area contributed by atoms with E-state index >= 15 is 0 Å². The zero-order valence-corrected chi connectivity index (χ0v) is 10.00. The number of hydrogen-bond acceptors (Lipinski definition) is 2. The first-order valence-electron chi connectivity index (χ1n) is 5.66. The second kappa shape index (κ2) is 4.84. The molecule has 0 saturated carbocycles. The first kappa shape index (κ1) is 12.1. The molecule has 18 heavy (non-hydrogen) atoms. The lowest BCUT2D eigenvalue weighted by atomic mass is 10.1. The summed E-state index contributed by atoms with van der Waals surface area (Å²) in [5.74, 6) is -0.877. The first-order valence-corrected chi connectivity index (χ1v) is 5.66.